The number of thioether (sulfide) groups is 1. The Bertz CT molecular complexity index is 676. The lowest BCUT2D eigenvalue weighted by Crippen LogP contribution is -2.75. The lowest BCUT2D eigenvalue weighted by Gasteiger charge is -2.46. The van der Waals surface area contributed by atoms with Gasteiger partial charge < -0.3 is 10.4 Å². The van der Waals surface area contributed by atoms with Crippen molar-refractivity contribution >= 4 is 29.5 Å². The van der Waals surface area contributed by atoms with Gasteiger partial charge >= 0.3 is 5.97 Å². The molecule has 0 bridgehead atoms. The van der Waals surface area contributed by atoms with Crippen LogP contribution in [0.3, 0.4) is 0 Å². The molecule has 122 valence electrons. The third-order valence-electron chi connectivity index (χ3n) is 4.41. The second-order valence-corrected chi connectivity index (χ2v) is 8.08. The molecule has 0 spiro atoms. The highest BCUT2D eigenvalue weighted by atomic mass is 32.2. The van der Waals surface area contributed by atoms with Gasteiger partial charge in [0, 0.05) is 0 Å². The molecule has 2 fully saturated rings. The van der Waals surface area contributed by atoms with E-state index in [-0.39, 0.29) is 17.7 Å². The van der Waals surface area contributed by atoms with Gasteiger partial charge in [-0.2, -0.15) is 0 Å². The van der Waals surface area contributed by atoms with E-state index in [9.17, 15) is 19.5 Å². The molecule has 2 amide bonds. The second-order valence-electron chi connectivity index (χ2n) is 6.28. The van der Waals surface area contributed by atoms with Crippen LogP contribution in [-0.2, 0) is 20.8 Å². The van der Waals surface area contributed by atoms with Crippen LogP contribution in [0.5, 0.6) is 0 Å². The van der Waals surface area contributed by atoms with E-state index in [1.165, 1.54) is 16.7 Å². The Kier molecular flexibility index (Phi) is 3.63. The van der Waals surface area contributed by atoms with Crippen LogP contribution in [0.1, 0.15) is 25.8 Å². The minimum atomic E-state index is -1.70. The quantitative estimate of drug-likeness (QED) is 0.808. The number of carboxylic acid groups (broad SMARTS) is 1. The average Bonchev–Trinajstić information content (AvgIpc) is 2.63. The van der Waals surface area contributed by atoms with Gasteiger partial charge in [-0.15, -0.1) is 11.8 Å². The number of β-lactam (4-membered cyclic amide) rings is 1. The first kappa shape index (κ1) is 15.9. The highest BCUT2D eigenvalue weighted by molar-refractivity contribution is 8.01. The maximum atomic E-state index is 12.4. The summed E-state index contributed by atoms with van der Waals surface area (Å²) in [5.74, 6) is -1.85. The van der Waals surface area contributed by atoms with Gasteiger partial charge in [0.15, 0.2) is 0 Å². The number of fused-ring (bicyclic) bond motifs is 1. The second kappa shape index (κ2) is 5.26. The summed E-state index contributed by atoms with van der Waals surface area (Å²) in [6.07, 6.45) is 0.390. The molecule has 2 N–H and O–H groups in total. The lowest BCUT2D eigenvalue weighted by molar-refractivity contribution is -0.173. The van der Waals surface area contributed by atoms with E-state index in [4.69, 9.17) is 0 Å². The zero-order valence-electron chi connectivity index (χ0n) is 12.9. The number of hydrogen-bond donors (Lipinski definition) is 2. The molecule has 0 aliphatic carbocycles. The number of aliphatic carboxylic acids is 1. The fourth-order valence-corrected chi connectivity index (χ4v) is 4.95. The van der Waals surface area contributed by atoms with E-state index in [0.717, 1.165) is 5.56 Å². The fourth-order valence-electron chi connectivity index (χ4n) is 3.25. The number of benzene rings is 1. The topological polar surface area (TPSA) is 86.7 Å². The minimum Gasteiger partial charge on any atom is -0.478 e. The minimum absolute atomic E-state index is 0.0727. The molecule has 0 aromatic heterocycles. The van der Waals surface area contributed by atoms with Gasteiger partial charge in [-0.05, 0) is 19.4 Å². The Labute approximate surface area is 138 Å². The molecule has 0 radical (unpaired) electrons. The van der Waals surface area contributed by atoms with Gasteiger partial charge in [-0.1, -0.05) is 30.3 Å². The first-order valence-corrected chi connectivity index (χ1v) is 8.24. The summed E-state index contributed by atoms with van der Waals surface area (Å²) in [6, 6.07) is 9.10. The van der Waals surface area contributed by atoms with Gasteiger partial charge in [0.25, 0.3) is 0 Å². The van der Waals surface area contributed by atoms with Crippen molar-refractivity contribution in [3.63, 3.8) is 0 Å². The zero-order valence-corrected chi connectivity index (χ0v) is 13.7. The number of carbonyl (C=O) groups excluding carboxylic acids is 2. The molecule has 2 aliphatic rings. The summed E-state index contributed by atoms with van der Waals surface area (Å²) in [5, 5.41) is 12.3. The van der Waals surface area contributed by atoms with Gasteiger partial charge in [0.2, 0.25) is 17.5 Å². The van der Waals surface area contributed by atoms with Crippen LogP contribution in [0.4, 0.5) is 0 Å². The smallest absolute Gasteiger partial charge is 0.352 e. The lowest BCUT2D eigenvalue weighted by atomic mass is 9.89. The number of carbonyl (C=O) groups is 3. The Balaban J connectivity index is 1.88. The van der Waals surface area contributed by atoms with E-state index in [1.54, 1.807) is 26.0 Å². The van der Waals surface area contributed by atoms with Crippen molar-refractivity contribution < 1.29 is 19.5 Å². The Morgan fingerprint density at radius 3 is 2.57 bits per heavy atom. The maximum Gasteiger partial charge on any atom is 0.352 e. The SMILES string of the molecule is CC1(C)S[C@@H]2CC(=O)N2C1(NC(=O)Cc1ccccc1)C(=O)O. The van der Waals surface area contributed by atoms with Crippen molar-refractivity contribution in [2.45, 2.75) is 42.5 Å². The molecule has 6 nitrogen and oxygen atoms in total. The van der Waals surface area contributed by atoms with Crippen molar-refractivity contribution in [3.8, 4) is 0 Å². The van der Waals surface area contributed by atoms with Gasteiger partial charge in [-0.25, -0.2) is 4.79 Å². The van der Waals surface area contributed by atoms with Gasteiger partial charge in [0.1, 0.15) is 0 Å². The molecule has 1 aromatic carbocycles. The predicted molar refractivity (Wildman–Crippen MR) is 85.6 cm³/mol. The van der Waals surface area contributed by atoms with Crippen LogP contribution in [-0.4, -0.2) is 43.6 Å². The highest BCUT2D eigenvalue weighted by Crippen LogP contribution is 2.55. The molecule has 3 rings (SSSR count). The van der Waals surface area contributed by atoms with Crippen LogP contribution in [0.15, 0.2) is 30.3 Å². The molecule has 23 heavy (non-hydrogen) atoms. The van der Waals surface area contributed by atoms with E-state index < -0.39 is 22.3 Å². The normalized spacial score (nSPS) is 28.0. The van der Waals surface area contributed by atoms with Crippen LogP contribution in [0, 0.1) is 0 Å². The predicted octanol–water partition coefficient (Wildman–Crippen LogP) is 1.21. The summed E-state index contributed by atoms with van der Waals surface area (Å²) in [5.41, 5.74) is -0.913. The van der Waals surface area contributed by atoms with Crippen molar-refractivity contribution in [1.82, 2.24) is 10.2 Å². The fraction of sp³-hybridized carbons (Fsp3) is 0.438. The summed E-state index contributed by atoms with van der Waals surface area (Å²) in [4.78, 5) is 37.7. The summed E-state index contributed by atoms with van der Waals surface area (Å²) < 4.78 is -0.817. The molecular formula is C16H18N2O4S. The van der Waals surface area contributed by atoms with Crippen molar-refractivity contribution in [2.24, 2.45) is 0 Å². The number of nitrogens with zero attached hydrogens (tertiary/aromatic N) is 1. The van der Waals surface area contributed by atoms with E-state index >= 15 is 0 Å². The first-order chi connectivity index (χ1) is 10.8. The Morgan fingerprint density at radius 1 is 1.35 bits per heavy atom. The standard InChI is InChI=1S/C16H18N2O4S/c1-15(2)16(14(21)22,18-12(20)9-13(18)23-15)17-11(19)8-10-6-4-3-5-7-10/h3-7,13H,8-9H2,1-2H3,(H,17,19)(H,21,22)/t13-,16?/m1/s1. The molecular weight excluding hydrogens is 316 g/mol. The molecule has 1 aromatic rings. The molecule has 2 aliphatic heterocycles. The van der Waals surface area contributed by atoms with Crippen LogP contribution < -0.4 is 5.32 Å². The van der Waals surface area contributed by atoms with Crippen LogP contribution in [0.2, 0.25) is 0 Å². The number of amides is 2. The average molecular weight is 334 g/mol. The Morgan fingerprint density at radius 2 is 2.00 bits per heavy atom. The molecule has 1 unspecified atom stereocenters. The summed E-state index contributed by atoms with van der Waals surface area (Å²) in [7, 11) is 0. The maximum absolute atomic E-state index is 12.4. The van der Waals surface area contributed by atoms with E-state index in [1.807, 2.05) is 18.2 Å². The molecule has 7 heteroatoms. The molecule has 2 heterocycles. The van der Waals surface area contributed by atoms with Crippen molar-refractivity contribution in [1.29, 1.82) is 0 Å². The molecule has 2 saturated heterocycles. The summed E-state index contributed by atoms with van der Waals surface area (Å²) in [6.45, 7) is 3.50. The highest BCUT2D eigenvalue weighted by Gasteiger charge is 2.70. The molecule has 0 saturated carbocycles. The van der Waals surface area contributed by atoms with E-state index in [0.29, 0.717) is 6.42 Å². The summed E-state index contributed by atoms with van der Waals surface area (Å²) >= 11 is 1.41. The van der Waals surface area contributed by atoms with E-state index in [2.05, 4.69) is 5.32 Å². The number of hydrogen-bond acceptors (Lipinski definition) is 4. The van der Waals surface area contributed by atoms with Crippen LogP contribution in [0.25, 0.3) is 0 Å². The number of carboxylic acids is 1. The monoisotopic (exact) mass is 334 g/mol. The van der Waals surface area contributed by atoms with Crippen LogP contribution >= 0.6 is 11.8 Å². The van der Waals surface area contributed by atoms with Gasteiger partial charge in [0.05, 0.1) is 23.0 Å². The number of rotatable bonds is 4. The Hall–Kier alpha value is -2.02. The number of nitrogens with one attached hydrogen (secondary N) is 1. The van der Waals surface area contributed by atoms with Crippen molar-refractivity contribution in [2.75, 3.05) is 0 Å². The third kappa shape index (κ3) is 2.30. The van der Waals surface area contributed by atoms with Gasteiger partial charge in [-0.3, -0.25) is 14.5 Å². The van der Waals surface area contributed by atoms with Crippen molar-refractivity contribution in [3.05, 3.63) is 35.9 Å². The first-order valence-electron chi connectivity index (χ1n) is 7.36. The zero-order chi connectivity index (χ0) is 16.8. The third-order valence-corrected chi connectivity index (χ3v) is 5.94. The molecule has 2 atom stereocenters. The largest absolute Gasteiger partial charge is 0.478 e.